The van der Waals surface area contributed by atoms with Crippen molar-refractivity contribution in [3.8, 4) is 0 Å². The highest BCUT2D eigenvalue weighted by Gasteiger charge is 2.25. The Morgan fingerprint density at radius 2 is 2.16 bits per heavy atom. The first-order valence-electron chi connectivity index (χ1n) is 5.17. The fraction of sp³-hybridized carbons (Fsp3) is 0.167. The maximum Gasteiger partial charge on any atom is 0.408 e. The van der Waals surface area contributed by atoms with Crippen molar-refractivity contribution in [3.63, 3.8) is 0 Å². The van der Waals surface area contributed by atoms with E-state index < -0.39 is 29.7 Å². The number of carbonyl (C=O) groups excluding carboxylic acids is 1. The fourth-order valence-electron chi connectivity index (χ4n) is 1.30. The van der Waals surface area contributed by atoms with Crippen LogP contribution in [0.4, 0.5) is 13.6 Å². The zero-order valence-electron chi connectivity index (χ0n) is 9.73. The Kier molecular flexibility index (Phi) is 4.99. The summed E-state index contributed by atoms with van der Waals surface area (Å²) in [5, 5.41) is 10.9. The molecule has 1 aromatic carbocycles. The number of carbonyl (C=O) groups is 2. The summed E-state index contributed by atoms with van der Waals surface area (Å²) < 4.78 is 30.7. The summed E-state index contributed by atoms with van der Waals surface area (Å²) in [5.74, 6) is -3.42. The predicted octanol–water partition coefficient (Wildman–Crippen LogP) is 2.00. The van der Waals surface area contributed by atoms with E-state index in [4.69, 9.17) is 5.11 Å². The van der Waals surface area contributed by atoms with Crippen LogP contribution in [0.15, 0.2) is 30.9 Å². The van der Waals surface area contributed by atoms with Gasteiger partial charge in [0.2, 0.25) is 0 Å². The first kappa shape index (κ1) is 14.6. The van der Waals surface area contributed by atoms with Crippen molar-refractivity contribution in [2.75, 3.05) is 6.61 Å². The minimum atomic E-state index is -1.67. The number of ether oxygens (including phenoxy) is 1. The lowest BCUT2D eigenvalue weighted by Crippen LogP contribution is -2.34. The van der Waals surface area contributed by atoms with Gasteiger partial charge in [-0.15, -0.1) is 0 Å². The summed E-state index contributed by atoms with van der Waals surface area (Å²) in [6.07, 6.45) is 0.240. The van der Waals surface area contributed by atoms with Gasteiger partial charge >= 0.3 is 12.1 Å². The smallest absolute Gasteiger partial charge is 0.408 e. The molecule has 1 rings (SSSR count). The maximum absolute atomic E-state index is 13.5. The van der Waals surface area contributed by atoms with Crippen molar-refractivity contribution in [1.29, 1.82) is 0 Å². The molecule has 2 N–H and O–H groups in total. The van der Waals surface area contributed by atoms with Crippen LogP contribution in [0.5, 0.6) is 0 Å². The summed E-state index contributed by atoms with van der Waals surface area (Å²) >= 11 is 0. The number of carboxylic acid groups (broad SMARTS) is 1. The van der Waals surface area contributed by atoms with Crippen LogP contribution in [0, 0.1) is 11.6 Å². The highest BCUT2D eigenvalue weighted by Crippen LogP contribution is 2.18. The molecule has 0 saturated heterocycles. The Hall–Kier alpha value is -2.44. The largest absolute Gasteiger partial charge is 0.479 e. The van der Waals surface area contributed by atoms with E-state index in [1.54, 1.807) is 0 Å². The van der Waals surface area contributed by atoms with E-state index in [1.165, 1.54) is 6.08 Å². The molecule has 0 spiro atoms. The van der Waals surface area contributed by atoms with Crippen LogP contribution in [0.1, 0.15) is 11.6 Å². The Bertz CT molecular complexity index is 505. The van der Waals surface area contributed by atoms with Crippen LogP contribution in [-0.4, -0.2) is 23.8 Å². The number of rotatable bonds is 5. The van der Waals surface area contributed by atoms with Gasteiger partial charge in [0.05, 0.1) is 0 Å². The Morgan fingerprint density at radius 1 is 1.47 bits per heavy atom. The molecule has 0 heterocycles. The average Bonchev–Trinajstić information content (AvgIpc) is 2.34. The summed E-state index contributed by atoms with van der Waals surface area (Å²) in [6.45, 7) is 3.18. The van der Waals surface area contributed by atoms with Crippen molar-refractivity contribution in [2.45, 2.75) is 6.04 Å². The van der Waals surface area contributed by atoms with Gasteiger partial charge in [-0.3, -0.25) is 0 Å². The van der Waals surface area contributed by atoms with Gasteiger partial charge in [-0.2, -0.15) is 0 Å². The molecule has 1 amide bonds. The third-order valence-corrected chi connectivity index (χ3v) is 2.11. The Morgan fingerprint density at radius 3 is 2.68 bits per heavy atom. The lowest BCUT2D eigenvalue weighted by Gasteiger charge is -2.15. The zero-order valence-corrected chi connectivity index (χ0v) is 9.73. The maximum atomic E-state index is 13.5. The quantitative estimate of drug-likeness (QED) is 0.803. The third-order valence-electron chi connectivity index (χ3n) is 2.11. The van der Waals surface area contributed by atoms with Gasteiger partial charge in [0.15, 0.2) is 6.04 Å². The molecule has 102 valence electrons. The topological polar surface area (TPSA) is 75.6 Å². The normalized spacial score (nSPS) is 11.5. The van der Waals surface area contributed by atoms with Crippen molar-refractivity contribution >= 4 is 12.1 Å². The predicted molar refractivity (Wildman–Crippen MR) is 61.4 cm³/mol. The molecule has 0 bridgehead atoms. The Labute approximate surface area is 107 Å². The van der Waals surface area contributed by atoms with Crippen LogP contribution >= 0.6 is 0 Å². The average molecular weight is 271 g/mol. The first-order chi connectivity index (χ1) is 8.95. The van der Waals surface area contributed by atoms with E-state index in [2.05, 4.69) is 11.3 Å². The molecule has 19 heavy (non-hydrogen) atoms. The van der Waals surface area contributed by atoms with Crippen LogP contribution < -0.4 is 5.32 Å². The van der Waals surface area contributed by atoms with E-state index in [0.717, 1.165) is 12.1 Å². The molecule has 1 aromatic rings. The number of carboxylic acids is 1. The van der Waals surface area contributed by atoms with Gasteiger partial charge in [-0.1, -0.05) is 18.7 Å². The minimum Gasteiger partial charge on any atom is -0.479 e. The van der Waals surface area contributed by atoms with Gasteiger partial charge in [-0.25, -0.2) is 18.4 Å². The molecule has 1 atom stereocenters. The highest BCUT2D eigenvalue weighted by atomic mass is 19.1. The van der Waals surface area contributed by atoms with E-state index >= 15 is 0 Å². The van der Waals surface area contributed by atoms with Crippen molar-refractivity contribution < 1.29 is 28.2 Å². The van der Waals surface area contributed by atoms with Crippen molar-refractivity contribution in [3.05, 3.63) is 48.1 Å². The van der Waals surface area contributed by atoms with Crippen LogP contribution in [0.3, 0.4) is 0 Å². The van der Waals surface area contributed by atoms with Gasteiger partial charge in [0.25, 0.3) is 0 Å². The lowest BCUT2D eigenvalue weighted by molar-refractivity contribution is -0.139. The molecule has 0 aliphatic rings. The number of hydrogen-bond acceptors (Lipinski definition) is 3. The van der Waals surface area contributed by atoms with E-state index in [0.29, 0.717) is 6.07 Å². The lowest BCUT2D eigenvalue weighted by atomic mass is 10.1. The molecule has 5 nitrogen and oxygen atoms in total. The molecule has 1 unspecified atom stereocenters. The molecule has 0 radical (unpaired) electrons. The fourth-order valence-corrected chi connectivity index (χ4v) is 1.30. The molecular weight excluding hydrogens is 260 g/mol. The summed E-state index contributed by atoms with van der Waals surface area (Å²) in [5.41, 5.74) is -0.371. The van der Waals surface area contributed by atoms with Crippen LogP contribution in [0.2, 0.25) is 0 Å². The molecule has 7 heteroatoms. The number of alkyl carbamates (subject to hydrolysis) is 1. The summed E-state index contributed by atoms with van der Waals surface area (Å²) in [6, 6.07) is 0.697. The van der Waals surface area contributed by atoms with Gasteiger partial charge in [0.1, 0.15) is 18.2 Å². The third kappa shape index (κ3) is 4.06. The molecular formula is C12H11F2NO4. The monoisotopic (exact) mass is 271 g/mol. The van der Waals surface area contributed by atoms with E-state index in [9.17, 15) is 18.4 Å². The Balaban J connectivity index is 2.91. The van der Waals surface area contributed by atoms with Crippen LogP contribution in [-0.2, 0) is 9.53 Å². The van der Waals surface area contributed by atoms with E-state index in [1.807, 2.05) is 5.32 Å². The number of nitrogens with one attached hydrogen (secondary N) is 1. The zero-order chi connectivity index (χ0) is 14.4. The number of aliphatic carboxylic acids is 1. The second-order valence-electron chi connectivity index (χ2n) is 3.47. The summed E-state index contributed by atoms with van der Waals surface area (Å²) in [4.78, 5) is 22.2. The second-order valence-corrected chi connectivity index (χ2v) is 3.47. The van der Waals surface area contributed by atoms with Gasteiger partial charge in [0, 0.05) is 11.6 Å². The molecule has 0 fully saturated rings. The highest BCUT2D eigenvalue weighted by molar-refractivity contribution is 5.81. The first-order valence-corrected chi connectivity index (χ1v) is 5.17. The SMILES string of the molecule is C=CCOC(=O)NC(C(=O)O)c1ccc(F)cc1F. The van der Waals surface area contributed by atoms with Gasteiger partial charge < -0.3 is 15.2 Å². The number of hydrogen-bond donors (Lipinski definition) is 2. The second kappa shape index (κ2) is 6.48. The molecule has 0 aliphatic heterocycles. The van der Waals surface area contributed by atoms with E-state index in [-0.39, 0.29) is 12.2 Å². The van der Waals surface area contributed by atoms with Gasteiger partial charge in [-0.05, 0) is 6.07 Å². The minimum absolute atomic E-state index is 0.121. The van der Waals surface area contributed by atoms with Crippen molar-refractivity contribution in [2.24, 2.45) is 0 Å². The van der Waals surface area contributed by atoms with Crippen molar-refractivity contribution in [1.82, 2.24) is 5.32 Å². The standard InChI is InChI=1S/C12H11F2NO4/c1-2-5-19-12(18)15-10(11(16)17)8-4-3-7(13)6-9(8)14/h2-4,6,10H,1,5H2,(H,15,18)(H,16,17). The molecule has 0 aromatic heterocycles. The van der Waals surface area contributed by atoms with Crippen LogP contribution in [0.25, 0.3) is 0 Å². The molecule has 0 saturated carbocycles. The number of amides is 1. The molecule has 0 aliphatic carbocycles. The number of benzene rings is 1. The number of halogens is 2. The summed E-state index contributed by atoms with van der Waals surface area (Å²) in [7, 11) is 0.